The number of nitrogens with zero attached hydrogens (tertiary/aromatic N) is 1. The normalized spacial score (nSPS) is 10.6. The molecular weight excluding hydrogens is 314 g/mol. The van der Waals surface area contributed by atoms with Gasteiger partial charge in [-0.15, -0.1) is 0 Å². The highest BCUT2D eigenvalue weighted by Crippen LogP contribution is 2.31. The zero-order valence-electron chi connectivity index (χ0n) is 14.4. The quantitative estimate of drug-likeness (QED) is 0.723. The number of ether oxygens (including phenoxy) is 1. The predicted octanol–water partition coefficient (Wildman–Crippen LogP) is 4.47. The van der Waals surface area contributed by atoms with Gasteiger partial charge in [-0.1, -0.05) is 55.5 Å². The van der Waals surface area contributed by atoms with Crippen LogP contribution in [0.5, 0.6) is 5.75 Å². The average molecular weight is 335 g/mol. The number of hydrogen-bond acceptors (Lipinski definition) is 2. The third kappa shape index (κ3) is 3.29. The summed E-state index contributed by atoms with van der Waals surface area (Å²) in [7, 11) is 1.65. The van der Waals surface area contributed by atoms with E-state index in [2.05, 4.69) is 0 Å². The van der Waals surface area contributed by atoms with Gasteiger partial charge in [0, 0.05) is 11.8 Å². The zero-order chi connectivity index (χ0) is 17.8. The first kappa shape index (κ1) is 16.8. The van der Waals surface area contributed by atoms with Crippen LogP contribution in [0.15, 0.2) is 60.8 Å². The van der Waals surface area contributed by atoms with Crippen LogP contribution in [0.4, 0.5) is 0 Å². The Hall–Kier alpha value is -3.01. The molecule has 0 spiro atoms. The topological polar surface area (TPSA) is 51.5 Å². The third-order valence-electron chi connectivity index (χ3n) is 4.33. The lowest BCUT2D eigenvalue weighted by Gasteiger charge is -2.13. The summed E-state index contributed by atoms with van der Waals surface area (Å²) >= 11 is 0. The van der Waals surface area contributed by atoms with Crippen molar-refractivity contribution in [3.05, 3.63) is 77.5 Å². The van der Waals surface area contributed by atoms with Gasteiger partial charge >= 0.3 is 5.97 Å². The Labute approximate surface area is 147 Å². The van der Waals surface area contributed by atoms with Crippen LogP contribution in [-0.4, -0.2) is 22.8 Å². The second-order valence-electron chi connectivity index (χ2n) is 5.84. The summed E-state index contributed by atoms with van der Waals surface area (Å²) in [5.74, 6) is -0.0976. The molecule has 0 saturated heterocycles. The van der Waals surface area contributed by atoms with E-state index >= 15 is 0 Å². The second kappa shape index (κ2) is 7.26. The van der Waals surface area contributed by atoms with E-state index < -0.39 is 5.97 Å². The van der Waals surface area contributed by atoms with Crippen LogP contribution >= 0.6 is 0 Å². The number of carbonyl (C=O) groups is 1. The number of aryl methyl sites for hydroxylation is 1. The van der Waals surface area contributed by atoms with Crippen LogP contribution in [-0.2, 0) is 13.0 Å². The van der Waals surface area contributed by atoms with Crippen LogP contribution in [0.3, 0.4) is 0 Å². The molecule has 1 heterocycles. The summed E-state index contributed by atoms with van der Waals surface area (Å²) in [6.07, 6.45) is 2.61. The third-order valence-corrected chi connectivity index (χ3v) is 4.33. The number of methoxy groups -OCH3 is 1. The standard InChI is InChI=1S/C21H21NO3/c1-3-15-13-22(14-17-11-7-8-12-18(17)25-2)20(19(15)21(23)24)16-9-5-4-6-10-16/h4-13H,3,14H2,1-2H3,(H,23,24). The fraction of sp³-hybridized carbons (Fsp3) is 0.190. The largest absolute Gasteiger partial charge is 0.496 e. The molecule has 0 unspecified atom stereocenters. The number of carboxylic acid groups (broad SMARTS) is 1. The number of benzene rings is 2. The van der Waals surface area contributed by atoms with E-state index in [9.17, 15) is 9.90 Å². The summed E-state index contributed by atoms with van der Waals surface area (Å²) in [4.78, 5) is 11.9. The van der Waals surface area contributed by atoms with E-state index in [-0.39, 0.29) is 0 Å². The van der Waals surface area contributed by atoms with Crippen molar-refractivity contribution < 1.29 is 14.6 Å². The van der Waals surface area contributed by atoms with Gasteiger partial charge in [-0.05, 0) is 23.6 Å². The van der Waals surface area contributed by atoms with Gasteiger partial charge in [0.25, 0.3) is 0 Å². The lowest BCUT2D eigenvalue weighted by atomic mass is 10.0. The van der Waals surface area contributed by atoms with Gasteiger partial charge in [-0.25, -0.2) is 4.79 Å². The average Bonchev–Trinajstić information content (AvgIpc) is 3.01. The Morgan fingerprint density at radius 2 is 1.72 bits per heavy atom. The highest BCUT2D eigenvalue weighted by atomic mass is 16.5. The van der Waals surface area contributed by atoms with Crippen LogP contribution < -0.4 is 4.74 Å². The van der Waals surface area contributed by atoms with Gasteiger partial charge in [0.1, 0.15) is 5.75 Å². The second-order valence-corrected chi connectivity index (χ2v) is 5.84. The minimum absolute atomic E-state index is 0.378. The van der Waals surface area contributed by atoms with E-state index in [4.69, 9.17) is 4.74 Å². The molecule has 0 bridgehead atoms. The Morgan fingerprint density at radius 3 is 2.36 bits per heavy atom. The van der Waals surface area contributed by atoms with Crippen LogP contribution in [0.2, 0.25) is 0 Å². The fourth-order valence-electron chi connectivity index (χ4n) is 3.17. The van der Waals surface area contributed by atoms with Crippen molar-refractivity contribution in [3.8, 4) is 17.0 Å². The zero-order valence-corrected chi connectivity index (χ0v) is 14.4. The first-order valence-corrected chi connectivity index (χ1v) is 8.28. The first-order valence-electron chi connectivity index (χ1n) is 8.28. The molecule has 0 radical (unpaired) electrons. The van der Waals surface area contributed by atoms with E-state index in [1.165, 1.54) is 0 Å². The molecule has 128 valence electrons. The lowest BCUT2D eigenvalue weighted by molar-refractivity contribution is 0.0696. The summed E-state index contributed by atoms with van der Waals surface area (Å²) in [5.41, 5.74) is 3.85. The van der Waals surface area contributed by atoms with Crippen molar-refractivity contribution in [3.63, 3.8) is 0 Å². The van der Waals surface area contributed by atoms with Crippen molar-refractivity contribution in [1.29, 1.82) is 0 Å². The highest BCUT2D eigenvalue weighted by Gasteiger charge is 2.22. The molecule has 0 aliphatic rings. The molecule has 25 heavy (non-hydrogen) atoms. The smallest absolute Gasteiger partial charge is 0.338 e. The summed E-state index contributed by atoms with van der Waals surface area (Å²) in [6, 6.07) is 17.5. The van der Waals surface area contributed by atoms with E-state index in [1.807, 2.05) is 72.3 Å². The maximum Gasteiger partial charge on any atom is 0.338 e. The monoisotopic (exact) mass is 335 g/mol. The van der Waals surface area contributed by atoms with Crippen molar-refractivity contribution in [2.75, 3.05) is 7.11 Å². The molecule has 1 N–H and O–H groups in total. The molecule has 0 saturated carbocycles. The van der Waals surface area contributed by atoms with Crippen LogP contribution in [0.1, 0.15) is 28.4 Å². The van der Waals surface area contributed by atoms with Crippen molar-refractivity contribution in [2.24, 2.45) is 0 Å². The molecule has 0 aliphatic heterocycles. The molecule has 4 nitrogen and oxygen atoms in total. The molecule has 2 aromatic carbocycles. The molecule has 3 aromatic rings. The van der Waals surface area contributed by atoms with Crippen molar-refractivity contribution in [2.45, 2.75) is 19.9 Å². The number of rotatable bonds is 6. The molecule has 0 aliphatic carbocycles. The maximum absolute atomic E-state index is 11.9. The molecule has 0 atom stereocenters. The van der Waals surface area contributed by atoms with Gasteiger partial charge < -0.3 is 14.4 Å². The number of aromatic carboxylic acids is 1. The minimum Gasteiger partial charge on any atom is -0.496 e. The molecule has 3 rings (SSSR count). The Bertz CT molecular complexity index is 881. The van der Waals surface area contributed by atoms with Gasteiger partial charge in [0.2, 0.25) is 0 Å². The summed E-state index contributed by atoms with van der Waals surface area (Å²) < 4.78 is 7.45. The van der Waals surface area contributed by atoms with Crippen molar-refractivity contribution >= 4 is 5.97 Å². The lowest BCUT2D eigenvalue weighted by Crippen LogP contribution is -2.05. The summed E-state index contributed by atoms with van der Waals surface area (Å²) in [5, 5.41) is 9.78. The fourth-order valence-corrected chi connectivity index (χ4v) is 3.17. The van der Waals surface area contributed by atoms with Crippen LogP contribution in [0, 0.1) is 0 Å². The Balaban J connectivity index is 2.18. The molecule has 0 amide bonds. The Morgan fingerprint density at radius 1 is 1.04 bits per heavy atom. The Kier molecular flexibility index (Phi) is 4.89. The number of aromatic nitrogens is 1. The van der Waals surface area contributed by atoms with Gasteiger partial charge in [0.05, 0.1) is 24.9 Å². The number of para-hydroxylation sites is 1. The van der Waals surface area contributed by atoms with Gasteiger partial charge in [0.15, 0.2) is 0 Å². The van der Waals surface area contributed by atoms with E-state index in [0.29, 0.717) is 18.5 Å². The van der Waals surface area contributed by atoms with Crippen LogP contribution in [0.25, 0.3) is 11.3 Å². The van der Waals surface area contributed by atoms with Crippen molar-refractivity contribution in [1.82, 2.24) is 4.57 Å². The molecule has 4 heteroatoms. The van der Waals surface area contributed by atoms with E-state index in [0.717, 1.165) is 28.1 Å². The maximum atomic E-state index is 11.9. The SMILES string of the molecule is CCc1cn(Cc2ccccc2OC)c(-c2ccccc2)c1C(=O)O. The predicted molar refractivity (Wildman–Crippen MR) is 98.3 cm³/mol. The molecular formula is C21H21NO3. The number of hydrogen-bond donors (Lipinski definition) is 1. The number of carboxylic acids is 1. The first-order chi connectivity index (χ1) is 12.2. The minimum atomic E-state index is -0.894. The highest BCUT2D eigenvalue weighted by molar-refractivity contribution is 5.97. The van der Waals surface area contributed by atoms with Gasteiger partial charge in [-0.2, -0.15) is 0 Å². The summed E-state index contributed by atoms with van der Waals surface area (Å²) in [6.45, 7) is 2.53. The van der Waals surface area contributed by atoms with E-state index in [1.54, 1.807) is 7.11 Å². The van der Waals surface area contributed by atoms with Gasteiger partial charge in [-0.3, -0.25) is 0 Å². The molecule has 1 aromatic heterocycles. The molecule has 0 fully saturated rings.